The van der Waals surface area contributed by atoms with Gasteiger partial charge in [-0.1, -0.05) is 24.4 Å². The van der Waals surface area contributed by atoms with E-state index in [0.717, 1.165) is 6.42 Å². The lowest BCUT2D eigenvalue weighted by atomic mass is 10.3. The molecule has 4 heteroatoms. The number of carbonyl (C=O) groups excluding carboxylic acids is 1. The van der Waals surface area contributed by atoms with E-state index in [9.17, 15) is 4.79 Å². The highest BCUT2D eigenvalue weighted by atomic mass is 35.5. The molecule has 0 bridgehead atoms. The first kappa shape index (κ1) is 12.1. The van der Waals surface area contributed by atoms with Crippen molar-refractivity contribution in [3.63, 3.8) is 0 Å². The van der Waals surface area contributed by atoms with Crippen molar-refractivity contribution in [1.29, 1.82) is 0 Å². The molecule has 0 aliphatic carbocycles. The number of thiophene rings is 1. The molecule has 0 aromatic carbocycles. The Labute approximate surface area is 98.9 Å². The number of hydrogen-bond acceptors (Lipinski definition) is 2. The van der Waals surface area contributed by atoms with Gasteiger partial charge < -0.3 is 4.90 Å². The maximum absolute atomic E-state index is 11.9. The molecule has 0 radical (unpaired) electrons. The van der Waals surface area contributed by atoms with Crippen molar-refractivity contribution in [2.75, 3.05) is 13.1 Å². The normalized spacial score (nSPS) is 9.67. The minimum atomic E-state index is -0.0355. The van der Waals surface area contributed by atoms with Gasteiger partial charge in [0.1, 0.15) is 0 Å². The lowest BCUT2D eigenvalue weighted by Crippen LogP contribution is -2.31. The minimum absolute atomic E-state index is 0.0355. The highest BCUT2D eigenvalue weighted by Crippen LogP contribution is 2.22. The first-order valence-electron chi connectivity index (χ1n) is 4.67. The Bertz CT molecular complexity index is 380. The van der Waals surface area contributed by atoms with Crippen LogP contribution in [0.1, 0.15) is 23.0 Å². The predicted octanol–water partition coefficient (Wildman–Crippen LogP) is 2.89. The highest BCUT2D eigenvalue weighted by Gasteiger charge is 2.15. The van der Waals surface area contributed by atoms with E-state index in [1.807, 2.05) is 6.92 Å². The monoisotopic (exact) mass is 241 g/mol. The highest BCUT2D eigenvalue weighted by molar-refractivity contribution is 7.17. The number of amides is 1. The summed E-state index contributed by atoms with van der Waals surface area (Å²) in [7, 11) is 0. The summed E-state index contributed by atoms with van der Waals surface area (Å²) >= 11 is 7.05. The van der Waals surface area contributed by atoms with Crippen LogP contribution in [0.4, 0.5) is 0 Å². The molecule has 0 unspecified atom stereocenters. The summed E-state index contributed by atoms with van der Waals surface area (Å²) in [6.45, 7) is 3.04. The largest absolute Gasteiger partial charge is 0.327 e. The molecule has 2 nitrogen and oxygen atoms in total. The maximum Gasteiger partial charge on any atom is 0.264 e. The van der Waals surface area contributed by atoms with E-state index in [4.69, 9.17) is 18.0 Å². The summed E-state index contributed by atoms with van der Waals surface area (Å²) in [5.74, 6) is 2.45. The zero-order valence-corrected chi connectivity index (χ0v) is 10.1. The number of hydrogen-bond donors (Lipinski definition) is 0. The van der Waals surface area contributed by atoms with Gasteiger partial charge in [0, 0.05) is 6.54 Å². The molecule has 15 heavy (non-hydrogen) atoms. The van der Waals surface area contributed by atoms with Crippen LogP contribution in [0, 0.1) is 12.3 Å². The van der Waals surface area contributed by atoms with E-state index in [2.05, 4.69) is 5.92 Å². The molecule has 0 spiro atoms. The number of rotatable bonds is 4. The second-order valence-corrected chi connectivity index (χ2v) is 4.75. The number of terminal acetylenes is 1. The predicted molar refractivity (Wildman–Crippen MR) is 64.4 cm³/mol. The molecule has 0 saturated heterocycles. The molecular formula is C11H12ClNOS. The van der Waals surface area contributed by atoms with Crippen LogP contribution in [-0.2, 0) is 0 Å². The van der Waals surface area contributed by atoms with Gasteiger partial charge in [0.05, 0.1) is 15.8 Å². The van der Waals surface area contributed by atoms with Crippen LogP contribution < -0.4 is 0 Å². The molecule has 1 aromatic heterocycles. The van der Waals surface area contributed by atoms with Crippen molar-refractivity contribution in [2.24, 2.45) is 0 Å². The number of halogens is 1. The van der Waals surface area contributed by atoms with Gasteiger partial charge in [0.25, 0.3) is 5.91 Å². The Hall–Kier alpha value is -0.980. The Morgan fingerprint density at radius 2 is 2.40 bits per heavy atom. The number of carbonyl (C=O) groups is 1. The van der Waals surface area contributed by atoms with Crippen LogP contribution in [0.25, 0.3) is 0 Å². The molecule has 1 amide bonds. The van der Waals surface area contributed by atoms with Gasteiger partial charge in [0.15, 0.2) is 0 Å². The third-order valence-electron chi connectivity index (χ3n) is 1.85. The molecule has 0 atom stereocenters. The lowest BCUT2D eigenvalue weighted by Gasteiger charge is -2.18. The van der Waals surface area contributed by atoms with Crippen molar-refractivity contribution in [3.8, 4) is 12.3 Å². The first-order chi connectivity index (χ1) is 7.19. The Kier molecular flexibility index (Phi) is 4.67. The van der Waals surface area contributed by atoms with Crippen LogP contribution in [0.15, 0.2) is 12.1 Å². The minimum Gasteiger partial charge on any atom is -0.327 e. The SMILES string of the molecule is C#CCN(CCC)C(=O)c1ccc(Cl)s1. The second kappa shape index (κ2) is 5.79. The third kappa shape index (κ3) is 3.26. The van der Waals surface area contributed by atoms with Gasteiger partial charge in [-0.05, 0) is 18.6 Å². The van der Waals surface area contributed by atoms with E-state index in [-0.39, 0.29) is 5.91 Å². The molecule has 0 aliphatic rings. The molecular weight excluding hydrogens is 230 g/mol. The quantitative estimate of drug-likeness (QED) is 0.743. The summed E-state index contributed by atoms with van der Waals surface area (Å²) in [4.78, 5) is 14.2. The van der Waals surface area contributed by atoms with Crippen molar-refractivity contribution < 1.29 is 4.79 Å². The summed E-state index contributed by atoms with van der Waals surface area (Å²) in [5, 5.41) is 0. The molecule has 80 valence electrons. The Morgan fingerprint density at radius 1 is 1.67 bits per heavy atom. The fourth-order valence-corrected chi connectivity index (χ4v) is 2.23. The smallest absolute Gasteiger partial charge is 0.264 e. The fraction of sp³-hybridized carbons (Fsp3) is 0.364. The maximum atomic E-state index is 11.9. The molecule has 0 saturated carbocycles. The molecule has 0 N–H and O–H groups in total. The average Bonchev–Trinajstić information content (AvgIpc) is 2.63. The lowest BCUT2D eigenvalue weighted by molar-refractivity contribution is 0.0781. The van der Waals surface area contributed by atoms with Crippen LogP contribution >= 0.6 is 22.9 Å². The zero-order chi connectivity index (χ0) is 11.3. The van der Waals surface area contributed by atoms with E-state index in [0.29, 0.717) is 22.3 Å². The summed E-state index contributed by atoms with van der Waals surface area (Å²) < 4.78 is 0.621. The van der Waals surface area contributed by atoms with Crippen molar-refractivity contribution in [2.45, 2.75) is 13.3 Å². The standard InChI is InChI=1S/C11H12ClNOS/c1-3-7-13(8-4-2)11(14)9-5-6-10(12)15-9/h1,5-6H,4,7-8H2,2H3. The molecule has 1 heterocycles. The topological polar surface area (TPSA) is 20.3 Å². The fourth-order valence-electron chi connectivity index (χ4n) is 1.22. The van der Waals surface area contributed by atoms with Crippen molar-refractivity contribution in [3.05, 3.63) is 21.3 Å². The van der Waals surface area contributed by atoms with Crippen LogP contribution in [-0.4, -0.2) is 23.9 Å². The van der Waals surface area contributed by atoms with E-state index in [1.54, 1.807) is 17.0 Å². The number of nitrogens with zero attached hydrogens (tertiary/aromatic N) is 1. The van der Waals surface area contributed by atoms with Crippen LogP contribution in [0.5, 0.6) is 0 Å². The van der Waals surface area contributed by atoms with Crippen LogP contribution in [0.2, 0.25) is 4.34 Å². The molecule has 1 aromatic rings. The van der Waals surface area contributed by atoms with E-state index in [1.165, 1.54) is 11.3 Å². The zero-order valence-electron chi connectivity index (χ0n) is 8.50. The first-order valence-corrected chi connectivity index (χ1v) is 5.86. The van der Waals surface area contributed by atoms with E-state index < -0.39 is 0 Å². The van der Waals surface area contributed by atoms with Gasteiger partial charge in [-0.3, -0.25) is 4.79 Å². The molecule has 0 fully saturated rings. The van der Waals surface area contributed by atoms with Crippen molar-refractivity contribution in [1.82, 2.24) is 4.90 Å². The van der Waals surface area contributed by atoms with Gasteiger partial charge in [-0.15, -0.1) is 17.8 Å². The summed E-state index contributed by atoms with van der Waals surface area (Å²) in [6.07, 6.45) is 6.11. The van der Waals surface area contributed by atoms with Gasteiger partial charge in [0.2, 0.25) is 0 Å². The van der Waals surface area contributed by atoms with Gasteiger partial charge in [-0.25, -0.2) is 0 Å². The molecule has 1 rings (SSSR count). The Balaban J connectivity index is 2.76. The second-order valence-electron chi connectivity index (χ2n) is 3.03. The molecule has 0 aliphatic heterocycles. The summed E-state index contributed by atoms with van der Waals surface area (Å²) in [6, 6.07) is 3.45. The Morgan fingerprint density at radius 3 is 2.87 bits per heavy atom. The van der Waals surface area contributed by atoms with Gasteiger partial charge in [-0.2, -0.15) is 0 Å². The van der Waals surface area contributed by atoms with Gasteiger partial charge >= 0.3 is 0 Å². The van der Waals surface area contributed by atoms with Crippen molar-refractivity contribution >= 4 is 28.8 Å². The summed E-state index contributed by atoms with van der Waals surface area (Å²) in [5.41, 5.74) is 0. The third-order valence-corrected chi connectivity index (χ3v) is 3.07. The van der Waals surface area contributed by atoms with E-state index >= 15 is 0 Å². The van der Waals surface area contributed by atoms with Crippen LogP contribution in [0.3, 0.4) is 0 Å². The average molecular weight is 242 g/mol.